The molecular weight excluding hydrogens is 1090 g/mol. The van der Waals surface area contributed by atoms with Crippen LogP contribution in [-0.2, 0) is 98.1 Å². The summed E-state index contributed by atoms with van der Waals surface area (Å²) in [5.74, 6) is -3.51. The molecule has 3 radical (unpaired) electrons. The van der Waals surface area contributed by atoms with E-state index in [0.717, 1.165) is 28.9 Å². The van der Waals surface area contributed by atoms with Crippen molar-refractivity contribution >= 4 is 61.0 Å². The Morgan fingerprint density at radius 2 is 0.879 bits per heavy atom. The summed E-state index contributed by atoms with van der Waals surface area (Å²) in [5, 5.41) is 2.77. The predicted octanol–water partition coefficient (Wildman–Crippen LogP) is 15.8. The number of benzene rings is 4. The monoisotopic (exact) mass is 1150 g/mol. The van der Waals surface area contributed by atoms with Crippen LogP contribution in [0.1, 0.15) is 115 Å². The van der Waals surface area contributed by atoms with E-state index in [-0.39, 0.29) is 137 Å². The average Bonchev–Trinajstić information content (AvgIpc) is 4.11. The molecule has 16 heteroatoms. The number of aromatic amines is 2. The van der Waals surface area contributed by atoms with Crippen LogP contribution in [0.15, 0.2) is 128 Å². The van der Waals surface area contributed by atoms with Crippen LogP contribution in [0.3, 0.4) is 0 Å². The number of nitrogens with zero attached hydrogens (tertiary/aromatic N) is 2. The topological polar surface area (TPSA) is 111 Å². The molecule has 0 fully saturated rings. The molecule has 66 heavy (non-hydrogen) atoms. The van der Waals surface area contributed by atoms with Crippen molar-refractivity contribution in [2.24, 2.45) is 0 Å². The molecule has 4 aromatic carbocycles. The van der Waals surface area contributed by atoms with Crippen LogP contribution < -0.4 is 9.97 Å². The van der Waals surface area contributed by atoms with Gasteiger partial charge < -0.3 is 27.4 Å². The Morgan fingerprint density at radius 3 is 1.33 bits per heavy atom. The molecule has 0 saturated heterocycles. The summed E-state index contributed by atoms with van der Waals surface area (Å²) in [4.78, 5) is 47.1. The third-order valence-electron chi connectivity index (χ3n) is 7.73. The molecule has 4 heterocycles. The molecule has 7 nitrogen and oxygen atoms in total. The van der Waals surface area contributed by atoms with E-state index in [1.807, 2.05) is 105 Å². The number of carbonyl (C=O) groups is 3. The zero-order valence-electron chi connectivity index (χ0n) is 38.0. The number of alkyl halides is 6. The second-order valence-corrected chi connectivity index (χ2v) is 11.1. The number of fused-ring (bicyclic) bond motifs is 4. The smallest absolute Gasteiger partial charge is 0.454 e. The molecule has 0 unspecified atom stereocenters. The van der Waals surface area contributed by atoms with Crippen LogP contribution in [-0.4, -0.2) is 39.7 Å². The standard InChI is InChI=1S/C11H11NO.2C10H6F3NO.C8H7N.4C2H6.2CH4.CH3.3Y/c1-2-11(13)9-7-12-10-6-4-3-5-8(9)10;2*11-10(12,13)9(15)7-5-14-8-4-2-1-3-6(7)8;1-2-4-8-7(3-1)5-6-9-8;4*1-2;;;;;;/h3-7H,2H2,1H3,(H,12,13);1-5H,(H,14,15);1-5,14H;1-6,9H;4*1-2H3;2*1H4;1H3;;;/q;;;;;;;;;;-1;;;/p-2. The second-order valence-electron chi connectivity index (χ2n) is 11.1. The summed E-state index contributed by atoms with van der Waals surface area (Å²) in [7, 11) is 0. The maximum absolute atomic E-state index is 12.2. The first-order chi connectivity index (χ1) is 28.8. The van der Waals surface area contributed by atoms with E-state index in [4.69, 9.17) is 0 Å². The van der Waals surface area contributed by atoms with E-state index < -0.39 is 29.5 Å². The van der Waals surface area contributed by atoms with Gasteiger partial charge in [0, 0.05) is 144 Å². The molecule has 4 aromatic heterocycles. The summed E-state index contributed by atoms with van der Waals surface area (Å²) in [5.41, 5.74) is 3.04. The summed E-state index contributed by atoms with van der Waals surface area (Å²) in [6.07, 6.45) is -3.48. The van der Waals surface area contributed by atoms with Crippen molar-refractivity contribution in [2.75, 3.05) is 0 Å². The number of ketones is 3. The number of nitrogens with one attached hydrogen (secondary N) is 2. The number of carbonyl (C=O) groups excluding carboxylic acids is 3. The molecular formula is C50H63F6N4O3Y3-3. The van der Waals surface area contributed by atoms with Gasteiger partial charge in [-0.2, -0.15) is 38.7 Å². The maximum atomic E-state index is 12.2. The van der Waals surface area contributed by atoms with Gasteiger partial charge in [0.2, 0.25) is 0 Å². The Morgan fingerprint density at radius 1 is 0.500 bits per heavy atom. The molecule has 0 bridgehead atoms. The Kier molecular flexibility index (Phi) is 43.9. The van der Waals surface area contributed by atoms with Crippen LogP contribution >= 0.6 is 0 Å². The van der Waals surface area contributed by atoms with Crippen molar-refractivity contribution in [1.82, 2.24) is 19.9 Å². The van der Waals surface area contributed by atoms with Gasteiger partial charge in [-0.05, 0) is 34.4 Å². The van der Waals surface area contributed by atoms with Gasteiger partial charge in [-0.1, -0.05) is 162 Å². The zero-order valence-corrected chi connectivity index (χ0v) is 46.5. The number of aromatic nitrogens is 4. The predicted molar refractivity (Wildman–Crippen MR) is 252 cm³/mol. The molecule has 0 amide bonds. The summed E-state index contributed by atoms with van der Waals surface area (Å²) in [6.45, 7) is 17.9. The molecule has 0 aliphatic carbocycles. The minimum Gasteiger partial charge on any atom is -0.663 e. The first kappa shape index (κ1) is 74.5. The van der Waals surface area contributed by atoms with E-state index in [9.17, 15) is 40.7 Å². The van der Waals surface area contributed by atoms with Gasteiger partial charge in [0.05, 0.1) is 5.56 Å². The minimum absolute atomic E-state index is 0. The number of hydrogen-bond acceptors (Lipinski definition) is 3. The third kappa shape index (κ3) is 21.9. The molecule has 0 aliphatic heterocycles. The Bertz CT molecular complexity index is 2360. The van der Waals surface area contributed by atoms with Crippen molar-refractivity contribution in [3.8, 4) is 0 Å². The summed E-state index contributed by atoms with van der Waals surface area (Å²) >= 11 is 0. The fourth-order valence-corrected chi connectivity index (χ4v) is 5.19. The van der Waals surface area contributed by atoms with Crippen molar-refractivity contribution in [1.29, 1.82) is 0 Å². The number of halogens is 6. The normalized spacial score (nSPS) is 9.26. The first-order valence-electron chi connectivity index (χ1n) is 19.6. The first-order valence-corrected chi connectivity index (χ1v) is 19.6. The average molecular weight is 1150 g/mol. The van der Waals surface area contributed by atoms with Crippen molar-refractivity contribution < 1.29 is 139 Å². The van der Waals surface area contributed by atoms with Crippen molar-refractivity contribution in [3.05, 3.63) is 152 Å². The van der Waals surface area contributed by atoms with E-state index >= 15 is 0 Å². The van der Waals surface area contributed by atoms with Gasteiger partial charge in [0.1, 0.15) is 0 Å². The number of rotatable bonds is 4. The number of Topliss-reactive ketones (excluding diaryl/α,β-unsaturated/α-hetero) is 3. The Balaban J connectivity index is -0.000000169. The van der Waals surface area contributed by atoms with Gasteiger partial charge in [-0.15, -0.1) is 11.0 Å². The maximum Gasteiger partial charge on any atom is 0.454 e. The number of para-hydroxylation sites is 4. The van der Waals surface area contributed by atoms with Crippen LogP contribution in [0.25, 0.3) is 43.6 Å². The van der Waals surface area contributed by atoms with E-state index in [1.165, 1.54) is 23.0 Å². The molecule has 8 aromatic rings. The molecule has 0 spiro atoms. The van der Waals surface area contributed by atoms with Gasteiger partial charge >= 0.3 is 12.4 Å². The van der Waals surface area contributed by atoms with Gasteiger partial charge in [0.25, 0.3) is 11.6 Å². The third-order valence-corrected chi connectivity index (χ3v) is 7.73. The van der Waals surface area contributed by atoms with Gasteiger partial charge in [-0.25, -0.2) is 0 Å². The quantitative estimate of drug-likeness (QED) is 0.104. The van der Waals surface area contributed by atoms with Crippen LogP contribution in [0.2, 0.25) is 0 Å². The summed E-state index contributed by atoms with van der Waals surface area (Å²) < 4.78 is 73.0. The van der Waals surface area contributed by atoms with Crippen molar-refractivity contribution in [3.63, 3.8) is 0 Å². The number of hydrogen-bond donors (Lipinski definition) is 2. The zero-order chi connectivity index (χ0) is 45.5. The minimum atomic E-state index is -4.85. The van der Waals surface area contributed by atoms with Crippen LogP contribution in [0, 0.1) is 7.43 Å². The van der Waals surface area contributed by atoms with E-state index in [2.05, 4.69) is 38.1 Å². The fraction of sp³-hybridized carbons (Fsp3) is 0.280. The SMILES string of the molecule is C.C.CC.CC.CC.CC.CCC(=O)c1c[n-]c2ccccc12.O=C(c1c[n-]c2ccccc12)C(F)(F)F.O=C(c1c[nH]c2ccccc12)C(F)(F)F.[CH3-].[Y].[Y].[Y].c1ccc2[nH]ccc2c1. The summed E-state index contributed by atoms with van der Waals surface area (Å²) in [6, 6.07) is 30.6. The molecule has 0 atom stereocenters. The number of H-pyrrole nitrogens is 2. The molecule has 2 N–H and O–H groups in total. The van der Waals surface area contributed by atoms with E-state index in [0.29, 0.717) is 22.8 Å². The largest absolute Gasteiger partial charge is 0.663 e. The van der Waals surface area contributed by atoms with Gasteiger partial charge in [0.15, 0.2) is 5.78 Å². The Hall–Kier alpha value is -3.06. The van der Waals surface area contributed by atoms with Gasteiger partial charge in [-0.3, -0.25) is 14.4 Å². The van der Waals surface area contributed by atoms with Crippen LogP contribution in [0.5, 0.6) is 0 Å². The van der Waals surface area contributed by atoms with Crippen LogP contribution in [0.4, 0.5) is 26.3 Å². The fourth-order valence-electron chi connectivity index (χ4n) is 5.19. The molecule has 0 aliphatic rings. The molecule has 355 valence electrons. The Labute approximate surface area is 462 Å². The second kappa shape index (κ2) is 38.9. The van der Waals surface area contributed by atoms with Crippen molar-refractivity contribution in [2.45, 2.75) is 95.9 Å². The molecule has 0 saturated carbocycles. The van der Waals surface area contributed by atoms with E-state index in [1.54, 1.807) is 42.6 Å². The molecule has 8 rings (SSSR count).